The van der Waals surface area contributed by atoms with E-state index in [1.165, 1.54) is 16.3 Å². The predicted octanol–water partition coefficient (Wildman–Crippen LogP) is 4.08. The van der Waals surface area contributed by atoms with Crippen molar-refractivity contribution in [3.63, 3.8) is 0 Å². The molecule has 0 amide bonds. The van der Waals surface area contributed by atoms with Crippen LogP contribution in [0.3, 0.4) is 0 Å². The van der Waals surface area contributed by atoms with E-state index in [-0.39, 0.29) is 6.04 Å². The molecule has 0 saturated heterocycles. The first-order valence-electron chi connectivity index (χ1n) is 5.31. The van der Waals surface area contributed by atoms with Crippen molar-refractivity contribution in [2.24, 2.45) is 5.11 Å². The van der Waals surface area contributed by atoms with Crippen molar-refractivity contribution in [3.05, 3.63) is 58.5 Å². The lowest BCUT2D eigenvalue weighted by atomic mass is 10.0. The Morgan fingerprint density at radius 3 is 2.69 bits per heavy atom. The standard InChI is InChI=1S/C13H13N3/c1-10(15-16-14)8-11-6-7-12-4-2-3-5-13(12)9-11/h2-7,9-10H,8H2,1H3. The monoisotopic (exact) mass is 211 g/mol. The van der Waals surface area contributed by atoms with Gasteiger partial charge in [-0.2, -0.15) is 0 Å². The van der Waals surface area contributed by atoms with E-state index in [0.717, 1.165) is 6.42 Å². The van der Waals surface area contributed by atoms with Crippen LogP contribution in [-0.2, 0) is 6.42 Å². The molecule has 0 fully saturated rings. The molecule has 0 heterocycles. The van der Waals surface area contributed by atoms with Gasteiger partial charge < -0.3 is 0 Å². The van der Waals surface area contributed by atoms with Crippen LogP contribution in [0.2, 0.25) is 0 Å². The van der Waals surface area contributed by atoms with Crippen LogP contribution in [0.15, 0.2) is 47.6 Å². The maximum Gasteiger partial charge on any atom is 0.0386 e. The van der Waals surface area contributed by atoms with Crippen LogP contribution in [0.1, 0.15) is 12.5 Å². The van der Waals surface area contributed by atoms with Crippen LogP contribution >= 0.6 is 0 Å². The minimum atomic E-state index is 0.00571. The second-order valence-electron chi connectivity index (χ2n) is 3.94. The molecular weight excluding hydrogens is 198 g/mol. The molecule has 0 aliphatic heterocycles. The van der Waals surface area contributed by atoms with Crippen molar-refractivity contribution in [2.75, 3.05) is 0 Å². The van der Waals surface area contributed by atoms with Crippen molar-refractivity contribution < 1.29 is 0 Å². The second kappa shape index (κ2) is 4.69. The van der Waals surface area contributed by atoms with Gasteiger partial charge in [0.25, 0.3) is 0 Å². The summed E-state index contributed by atoms with van der Waals surface area (Å²) in [6.07, 6.45) is 0.787. The molecule has 2 rings (SSSR count). The number of nitrogens with zero attached hydrogens (tertiary/aromatic N) is 3. The van der Waals surface area contributed by atoms with Crippen LogP contribution < -0.4 is 0 Å². The first-order valence-corrected chi connectivity index (χ1v) is 5.31. The Kier molecular flexibility index (Phi) is 3.08. The molecule has 3 heteroatoms. The fraction of sp³-hybridized carbons (Fsp3) is 0.231. The highest BCUT2D eigenvalue weighted by molar-refractivity contribution is 5.82. The minimum Gasteiger partial charge on any atom is -0.0906 e. The molecule has 1 atom stereocenters. The van der Waals surface area contributed by atoms with Crippen LogP contribution in [0.5, 0.6) is 0 Å². The molecule has 2 aromatic carbocycles. The maximum absolute atomic E-state index is 8.34. The van der Waals surface area contributed by atoms with Gasteiger partial charge in [0.15, 0.2) is 0 Å². The summed E-state index contributed by atoms with van der Waals surface area (Å²) in [7, 11) is 0. The van der Waals surface area contributed by atoms with E-state index >= 15 is 0 Å². The lowest BCUT2D eigenvalue weighted by Gasteiger charge is -2.06. The van der Waals surface area contributed by atoms with E-state index in [2.05, 4.69) is 40.4 Å². The van der Waals surface area contributed by atoms with Crippen molar-refractivity contribution in [3.8, 4) is 0 Å². The quantitative estimate of drug-likeness (QED) is 0.417. The number of rotatable bonds is 3. The Morgan fingerprint density at radius 1 is 1.19 bits per heavy atom. The summed E-state index contributed by atoms with van der Waals surface area (Å²) in [5, 5.41) is 6.15. The molecule has 16 heavy (non-hydrogen) atoms. The van der Waals surface area contributed by atoms with E-state index in [1.54, 1.807) is 0 Å². The molecule has 3 nitrogen and oxygen atoms in total. The molecule has 2 aromatic rings. The van der Waals surface area contributed by atoms with Gasteiger partial charge in [0.2, 0.25) is 0 Å². The van der Waals surface area contributed by atoms with Gasteiger partial charge in [0, 0.05) is 11.0 Å². The fourth-order valence-electron chi connectivity index (χ4n) is 1.84. The van der Waals surface area contributed by atoms with E-state index in [4.69, 9.17) is 5.53 Å². The summed E-state index contributed by atoms with van der Waals surface area (Å²) >= 11 is 0. The zero-order chi connectivity index (χ0) is 11.4. The molecule has 0 radical (unpaired) electrons. The van der Waals surface area contributed by atoms with Crippen LogP contribution in [0, 0.1) is 0 Å². The van der Waals surface area contributed by atoms with Crippen molar-refractivity contribution in [1.29, 1.82) is 0 Å². The highest BCUT2D eigenvalue weighted by atomic mass is 15.1. The second-order valence-corrected chi connectivity index (χ2v) is 3.94. The lowest BCUT2D eigenvalue weighted by molar-refractivity contribution is 0.732. The van der Waals surface area contributed by atoms with E-state index in [9.17, 15) is 0 Å². The molecule has 0 saturated carbocycles. The largest absolute Gasteiger partial charge is 0.0906 e. The SMILES string of the molecule is CC(Cc1ccc2ccccc2c1)N=[N+]=[N-]. The normalized spacial score (nSPS) is 12.1. The van der Waals surface area contributed by atoms with Crippen LogP contribution in [0.25, 0.3) is 21.2 Å². The number of hydrogen-bond donors (Lipinski definition) is 0. The third-order valence-corrected chi connectivity index (χ3v) is 2.59. The Morgan fingerprint density at radius 2 is 1.94 bits per heavy atom. The summed E-state index contributed by atoms with van der Waals surface area (Å²) in [5.41, 5.74) is 9.55. The Labute approximate surface area is 94.3 Å². The molecule has 0 spiro atoms. The van der Waals surface area contributed by atoms with Gasteiger partial charge in [-0.1, -0.05) is 54.5 Å². The molecular formula is C13H13N3. The van der Waals surface area contributed by atoms with Crippen molar-refractivity contribution >= 4 is 10.8 Å². The van der Waals surface area contributed by atoms with Crippen molar-refractivity contribution in [1.82, 2.24) is 0 Å². The highest BCUT2D eigenvalue weighted by Gasteiger charge is 2.01. The van der Waals surface area contributed by atoms with Gasteiger partial charge in [-0.05, 0) is 28.3 Å². The van der Waals surface area contributed by atoms with Gasteiger partial charge in [-0.25, -0.2) is 0 Å². The number of hydrogen-bond acceptors (Lipinski definition) is 1. The summed E-state index contributed by atoms with van der Waals surface area (Å²) in [4.78, 5) is 2.82. The summed E-state index contributed by atoms with van der Waals surface area (Å²) in [6, 6.07) is 14.6. The summed E-state index contributed by atoms with van der Waals surface area (Å²) < 4.78 is 0. The zero-order valence-electron chi connectivity index (χ0n) is 9.17. The Balaban J connectivity index is 2.29. The molecule has 0 N–H and O–H groups in total. The lowest BCUT2D eigenvalue weighted by Crippen LogP contribution is -2.01. The first kappa shape index (κ1) is 10.5. The van der Waals surface area contributed by atoms with Gasteiger partial charge in [-0.15, -0.1) is 0 Å². The summed E-state index contributed by atoms with van der Waals surface area (Å²) in [5.74, 6) is 0. The minimum absolute atomic E-state index is 0.00571. The summed E-state index contributed by atoms with van der Waals surface area (Å²) in [6.45, 7) is 1.93. The molecule has 0 bridgehead atoms. The maximum atomic E-state index is 8.34. The van der Waals surface area contributed by atoms with Crippen molar-refractivity contribution in [2.45, 2.75) is 19.4 Å². The molecule has 0 aliphatic carbocycles. The third-order valence-electron chi connectivity index (χ3n) is 2.59. The average Bonchev–Trinajstić information content (AvgIpc) is 2.29. The van der Waals surface area contributed by atoms with Crippen LogP contribution in [0.4, 0.5) is 0 Å². The third kappa shape index (κ3) is 2.33. The molecule has 0 aliphatic rings. The molecule has 1 unspecified atom stereocenters. The van der Waals surface area contributed by atoms with Gasteiger partial charge in [-0.3, -0.25) is 0 Å². The van der Waals surface area contributed by atoms with Gasteiger partial charge in [0.1, 0.15) is 0 Å². The average molecular weight is 211 g/mol. The van der Waals surface area contributed by atoms with Crippen LogP contribution in [-0.4, -0.2) is 6.04 Å². The smallest absolute Gasteiger partial charge is 0.0386 e. The topological polar surface area (TPSA) is 48.8 Å². The van der Waals surface area contributed by atoms with E-state index in [1.807, 2.05) is 19.1 Å². The molecule has 80 valence electrons. The number of benzene rings is 2. The van der Waals surface area contributed by atoms with Gasteiger partial charge >= 0.3 is 0 Å². The van der Waals surface area contributed by atoms with E-state index < -0.39 is 0 Å². The molecule has 0 aromatic heterocycles. The first-order chi connectivity index (χ1) is 7.79. The van der Waals surface area contributed by atoms with E-state index in [0.29, 0.717) is 0 Å². The predicted molar refractivity (Wildman–Crippen MR) is 66.3 cm³/mol. The highest BCUT2D eigenvalue weighted by Crippen LogP contribution is 2.17. The Bertz CT molecular complexity index is 542. The zero-order valence-corrected chi connectivity index (χ0v) is 9.17. The number of azide groups is 1. The number of fused-ring (bicyclic) bond motifs is 1. The Hall–Kier alpha value is -1.99. The van der Waals surface area contributed by atoms with Gasteiger partial charge in [0.05, 0.1) is 0 Å². The fourth-order valence-corrected chi connectivity index (χ4v) is 1.84.